The maximum atomic E-state index is 12.1. The minimum absolute atomic E-state index is 0.0939. The fourth-order valence-corrected chi connectivity index (χ4v) is 2.47. The van der Waals surface area contributed by atoms with E-state index in [0.717, 1.165) is 5.56 Å². The van der Waals surface area contributed by atoms with Crippen LogP contribution in [0.3, 0.4) is 0 Å². The molecule has 1 atom stereocenters. The Bertz CT molecular complexity index is 641. The average Bonchev–Trinajstić information content (AvgIpc) is 2.42. The molecule has 0 aliphatic carbocycles. The second-order valence-electron chi connectivity index (χ2n) is 4.94. The molecule has 0 aliphatic heterocycles. The van der Waals surface area contributed by atoms with E-state index in [1.807, 2.05) is 31.2 Å². The Labute approximate surface area is 134 Å². The number of nitrogens with one attached hydrogen (secondary N) is 1. The van der Waals surface area contributed by atoms with E-state index in [4.69, 9.17) is 28.9 Å². The molecule has 110 valence electrons. The molecule has 0 bridgehead atoms. The van der Waals surface area contributed by atoms with E-state index < -0.39 is 0 Å². The second kappa shape index (κ2) is 6.83. The van der Waals surface area contributed by atoms with Crippen LogP contribution >= 0.6 is 23.2 Å². The lowest BCUT2D eigenvalue weighted by molar-refractivity contribution is -0.116. The molecule has 0 aromatic heterocycles. The largest absolute Gasteiger partial charge is 0.399 e. The lowest BCUT2D eigenvalue weighted by Crippen LogP contribution is -2.14. The number of carbonyl (C=O) groups excluding carboxylic acids is 1. The molecule has 0 spiro atoms. The molecule has 3 nitrogen and oxygen atoms in total. The monoisotopic (exact) mass is 322 g/mol. The van der Waals surface area contributed by atoms with Gasteiger partial charge in [-0.25, -0.2) is 0 Å². The lowest BCUT2D eigenvalue weighted by atomic mass is 9.97. The van der Waals surface area contributed by atoms with Crippen LogP contribution < -0.4 is 11.1 Å². The first kappa shape index (κ1) is 15.7. The molecule has 5 heteroatoms. The second-order valence-corrected chi connectivity index (χ2v) is 5.79. The summed E-state index contributed by atoms with van der Waals surface area (Å²) < 4.78 is 0. The zero-order valence-corrected chi connectivity index (χ0v) is 13.1. The number of anilines is 2. The molecule has 1 amide bonds. The minimum atomic E-state index is -0.0939. The van der Waals surface area contributed by atoms with Gasteiger partial charge in [-0.15, -0.1) is 0 Å². The number of nitrogens with two attached hydrogens (primary N) is 1. The first-order valence-electron chi connectivity index (χ1n) is 6.56. The van der Waals surface area contributed by atoms with Crippen LogP contribution in [-0.2, 0) is 4.79 Å². The molecular weight excluding hydrogens is 307 g/mol. The average molecular weight is 323 g/mol. The van der Waals surface area contributed by atoms with Gasteiger partial charge in [-0.2, -0.15) is 0 Å². The fraction of sp³-hybridized carbons (Fsp3) is 0.188. The van der Waals surface area contributed by atoms with Gasteiger partial charge < -0.3 is 11.1 Å². The van der Waals surface area contributed by atoms with Crippen LogP contribution in [0.4, 0.5) is 11.4 Å². The molecule has 21 heavy (non-hydrogen) atoms. The van der Waals surface area contributed by atoms with Crippen LogP contribution in [0, 0.1) is 0 Å². The number of carbonyl (C=O) groups is 1. The van der Waals surface area contributed by atoms with Crippen molar-refractivity contribution in [3.8, 4) is 0 Å². The first-order chi connectivity index (χ1) is 9.95. The van der Waals surface area contributed by atoms with Crippen molar-refractivity contribution < 1.29 is 4.79 Å². The SMILES string of the molecule is CC(CC(=O)Nc1ccc(Cl)cc1Cl)c1ccc(N)cc1. The van der Waals surface area contributed by atoms with Crippen molar-refractivity contribution in [3.05, 3.63) is 58.1 Å². The number of benzene rings is 2. The van der Waals surface area contributed by atoms with Crippen molar-refractivity contribution in [2.45, 2.75) is 19.3 Å². The third-order valence-electron chi connectivity index (χ3n) is 3.20. The van der Waals surface area contributed by atoms with Crippen LogP contribution in [0.5, 0.6) is 0 Å². The Hall–Kier alpha value is -1.71. The van der Waals surface area contributed by atoms with E-state index in [1.54, 1.807) is 18.2 Å². The predicted molar refractivity (Wildman–Crippen MR) is 89.0 cm³/mol. The molecule has 1 unspecified atom stereocenters. The summed E-state index contributed by atoms with van der Waals surface area (Å²) in [5.74, 6) is 0.000207. The Morgan fingerprint density at radius 1 is 1.19 bits per heavy atom. The number of hydrogen-bond donors (Lipinski definition) is 2. The summed E-state index contributed by atoms with van der Waals surface area (Å²) in [7, 11) is 0. The Morgan fingerprint density at radius 3 is 2.48 bits per heavy atom. The van der Waals surface area contributed by atoms with Crippen molar-refractivity contribution >= 4 is 40.5 Å². The third-order valence-corrected chi connectivity index (χ3v) is 3.75. The highest BCUT2D eigenvalue weighted by atomic mass is 35.5. The molecule has 0 fully saturated rings. The van der Waals surface area contributed by atoms with E-state index >= 15 is 0 Å². The predicted octanol–water partition coefficient (Wildman–Crippen LogP) is 4.71. The van der Waals surface area contributed by atoms with Crippen molar-refractivity contribution in [2.75, 3.05) is 11.1 Å². The molecule has 0 radical (unpaired) electrons. The summed E-state index contributed by atoms with van der Waals surface area (Å²) in [4.78, 5) is 12.1. The van der Waals surface area contributed by atoms with Crippen LogP contribution in [0.2, 0.25) is 10.0 Å². The lowest BCUT2D eigenvalue weighted by Gasteiger charge is -2.13. The highest BCUT2D eigenvalue weighted by molar-refractivity contribution is 6.36. The van der Waals surface area contributed by atoms with Gasteiger partial charge in [0.15, 0.2) is 0 Å². The number of nitrogen functional groups attached to an aromatic ring is 1. The molecular formula is C16H16Cl2N2O. The zero-order chi connectivity index (χ0) is 15.4. The van der Waals surface area contributed by atoms with Crippen molar-refractivity contribution in [2.24, 2.45) is 0 Å². The van der Waals surface area contributed by atoms with Crippen molar-refractivity contribution in [3.63, 3.8) is 0 Å². The van der Waals surface area contributed by atoms with Gasteiger partial charge in [0.1, 0.15) is 0 Å². The summed E-state index contributed by atoms with van der Waals surface area (Å²) in [6, 6.07) is 12.5. The van der Waals surface area contributed by atoms with E-state index in [9.17, 15) is 4.79 Å². The first-order valence-corrected chi connectivity index (χ1v) is 7.31. The van der Waals surface area contributed by atoms with Gasteiger partial charge in [0.05, 0.1) is 10.7 Å². The molecule has 2 aromatic rings. The zero-order valence-electron chi connectivity index (χ0n) is 11.6. The Kier molecular flexibility index (Phi) is 5.10. The summed E-state index contributed by atoms with van der Waals surface area (Å²) >= 11 is 11.9. The number of hydrogen-bond acceptors (Lipinski definition) is 2. The minimum Gasteiger partial charge on any atom is -0.399 e. The number of amides is 1. The molecule has 2 rings (SSSR count). The fourth-order valence-electron chi connectivity index (χ4n) is 2.01. The Morgan fingerprint density at radius 2 is 1.86 bits per heavy atom. The van der Waals surface area contributed by atoms with Gasteiger partial charge in [-0.1, -0.05) is 42.3 Å². The molecule has 3 N–H and O–H groups in total. The summed E-state index contributed by atoms with van der Waals surface area (Å²) in [6.45, 7) is 1.99. The standard InChI is InChI=1S/C16H16Cl2N2O/c1-10(11-2-5-13(19)6-3-11)8-16(21)20-15-7-4-12(17)9-14(15)18/h2-7,9-10H,8,19H2,1H3,(H,20,21). The van der Waals surface area contributed by atoms with E-state index in [0.29, 0.717) is 27.8 Å². The molecule has 0 saturated heterocycles. The van der Waals surface area contributed by atoms with E-state index in [-0.39, 0.29) is 11.8 Å². The highest BCUT2D eigenvalue weighted by Gasteiger charge is 2.12. The van der Waals surface area contributed by atoms with Crippen molar-refractivity contribution in [1.82, 2.24) is 0 Å². The smallest absolute Gasteiger partial charge is 0.225 e. The molecule has 0 heterocycles. The quantitative estimate of drug-likeness (QED) is 0.801. The number of rotatable bonds is 4. The Balaban J connectivity index is 1.99. The van der Waals surface area contributed by atoms with Gasteiger partial charge in [-0.05, 0) is 41.8 Å². The van der Waals surface area contributed by atoms with Crippen LogP contribution in [0.1, 0.15) is 24.8 Å². The van der Waals surface area contributed by atoms with Gasteiger partial charge >= 0.3 is 0 Å². The maximum Gasteiger partial charge on any atom is 0.225 e. The summed E-state index contributed by atoms with van der Waals surface area (Å²) in [5.41, 5.74) is 8.00. The van der Waals surface area contributed by atoms with Gasteiger partial charge in [0.2, 0.25) is 5.91 Å². The van der Waals surface area contributed by atoms with Gasteiger partial charge in [0, 0.05) is 17.1 Å². The topological polar surface area (TPSA) is 55.1 Å². The number of halogens is 2. The summed E-state index contributed by atoms with van der Waals surface area (Å²) in [5, 5.41) is 3.76. The van der Waals surface area contributed by atoms with Crippen LogP contribution in [-0.4, -0.2) is 5.91 Å². The highest BCUT2D eigenvalue weighted by Crippen LogP contribution is 2.26. The van der Waals surface area contributed by atoms with Crippen LogP contribution in [0.15, 0.2) is 42.5 Å². The molecule has 0 aliphatic rings. The third kappa shape index (κ3) is 4.38. The van der Waals surface area contributed by atoms with E-state index in [1.165, 1.54) is 0 Å². The molecule has 0 saturated carbocycles. The normalized spacial score (nSPS) is 12.0. The van der Waals surface area contributed by atoms with Crippen molar-refractivity contribution in [1.29, 1.82) is 0 Å². The van der Waals surface area contributed by atoms with Crippen LogP contribution in [0.25, 0.3) is 0 Å². The van der Waals surface area contributed by atoms with Gasteiger partial charge in [0.25, 0.3) is 0 Å². The molecule has 2 aromatic carbocycles. The summed E-state index contributed by atoms with van der Waals surface area (Å²) in [6.07, 6.45) is 0.364. The van der Waals surface area contributed by atoms with E-state index in [2.05, 4.69) is 5.32 Å². The van der Waals surface area contributed by atoms with Gasteiger partial charge in [-0.3, -0.25) is 4.79 Å². The maximum absolute atomic E-state index is 12.1.